The van der Waals surface area contributed by atoms with Crippen LogP contribution in [0.5, 0.6) is 0 Å². The first kappa shape index (κ1) is 18.1. The molecule has 0 aliphatic carbocycles. The highest BCUT2D eigenvalue weighted by molar-refractivity contribution is 7.89. The van der Waals surface area contributed by atoms with E-state index < -0.39 is 16.0 Å². The van der Waals surface area contributed by atoms with Gasteiger partial charge in [-0.2, -0.15) is 0 Å². The van der Waals surface area contributed by atoms with Crippen LogP contribution in [-0.2, 0) is 26.0 Å². The maximum absolute atomic E-state index is 12.4. The molecule has 3 rings (SSSR count). The SMILES string of the molecule is NS(=O)(=O)c1ccc(C(=O)OCC(=O)N2CCCc3ccccc32)cc1. The Morgan fingerprint density at radius 3 is 2.46 bits per heavy atom. The summed E-state index contributed by atoms with van der Waals surface area (Å²) in [5.74, 6) is -1.00. The lowest BCUT2D eigenvalue weighted by Gasteiger charge is -2.29. The lowest BCUT2D eigenvalue weighted by Crippen LogP contribution is -2.38. The quantitative estimate of drug-likeness (QED) is 0.816. The molecule has 0 aromatic heterocycles. The Hall–Kier alpha value is -2.71. The van der Waals surface area contributed by atoms with Gasteiger partial charge in [0.25, 0.3) is 5.91 Å². The summed E-state index contributed by atoms with van der Waals surface area (Å²) in [6.45, 7) is 0.195. The van der Waals surface area contributed by atoms with Crippen molar-refractivity contribution in [3.05, 3.63) is 59.7 Å². The first-order chi connectivity index (χ1) is 12.4. The predicted molar refractivity (Wildman–Crippen MR) is 95.2 cm³/mol. The number of primary sulfonamides is 1. The third-order valence-electron chi connectivity index (χ3n) is 4.16. The monoisotopic (exact) mass is 374 g/mol. The lowest BCUT2D eigenvalue weighted by atomic mass is 10.0. The number of hydrogen-bond acceptors (Lipinski definition) is 5. The van der Waals surface area contributed by atoms with Crippen molar-refractivity contribution in [1.82, 2.24) is 0 Å². The molecule has 0 saturated heterocycles. The molecule has 0 spiro atoms. The van der Waals surface area contributed by atoms with Crippen LogP contribution in [0.25, 0.3) is 0 Å². The molecular weight excluding hydrogens is 356 g/mol. The number of carbonyl (C=O) groups is 2. The van der Waals surface area contributed by atoms with Crippen molar-refractivity contribution in [2.24, 2.45) is 5.14 Å². The molecule has 7 nitrogen and oxygen atoms in total. The number of para-hydroxylation sites is 1. The van der Waals surface area contributed by atoms with Gasteiger partial charge >= 0.3 is 5.97 Å². The van der Waals surface area contributed by atoms with Crippen LogP contribution in [0.3, 0.4) is 0 Å². The molecule has 0 saturated carbocycles. The average molecular weight is 374 g/mol. The van der Waals surface area contributed by atoms with E-state index in [2.05, 4.69) is 0 Å². The Labute approximate surface area is 151 Å². The van der Waals surface area contributed by atoms with Gasteiger partial charge in [-0.05, 0) is 48.7 Å². The molecule has 2 aromatic carbocycles. The van der Waals surface area contributed by atoms with Crippen molar-refractivity contribution in [2.45, 2.75) is 17.7 Å². The number of amides is 1. The van der Waals surface area contributed by atoms with E-state index in [0.717, 1.165) is 24.1 Å². The number of nitrogens with zero attached hydrogens (tertiary/aromatic N) is 1. The van der Waals surface area contributed by atoms with E-state index in [1.165, 1.54) is 24.3 Å². The Morgan fingerprint density at radius 1 is 1.08 bits per heavy atom. The zero-order valence-electron chi connectivity index (χ0n) is 13.9. The zero-order valence-corrected chi connectivity index (χ0v) is 14.7. The number of fused-ring (bicyclic) bond motifs is 1. The Balaban J connectivity index is 1.64. The molecule has 1 aliphatic rings. The van der Waals surface area contributed by atoms with Crippen molar-refractivity contribution in [1.29, 1.82) is 0 Å². The minimum Gasteiger partial charge on any atom is -0.452 e. The van der Waals surface area contributed by atoms with E-state index in [-0.39, 0.29) is 23.0 Å². The fraction of sp³-hybridized carbons (Fsp3) is 0.222. The van der Waals surface area contributed by atoms with Crippen LogP contribution in [0, 0.1) is 0 Å². The summed E-state index contributed by atoms with van der Waals surface area (Å²) in [5.41, 5.74) is 2.08. The van der Waals surface area contributed by atoms with Crippen LogP contribution >= 0.6 is 0 Å². The fourth-order valence-corrected chi connectivity index (χ4v) is 3.38. The van der Waals surface area contributed by atoms with Crippen molar-refractivity contribution in [2.75, 3.05) is 18.1 Å². The van der Waals surface area contributed by atoms with Crippen molar-refractivity contribution >= 4 is 27.6 Å². The van der Waals surface area contributed by atoms with E-state index in [9.17, 15) is 18.0 Å². The third kappa shape index (κ3) is 3.92. The van der Waals surface area contributed by atoms with Crippen LogP contribution in [-0.4, -0.2) is 33.4 Å². The van der Waals surface area contributed by atoms with E-state index in [4.69, 9.17) is 9.88 Å². The predicted octanol–water partition coefficient (Wildman–Crippen LogP) is 1.47. The number of ether oxygens (including phenoxy) is 1. The number of sulfonamides is 1. The van der Waals surface area contributed by atoms with Crippen LogP contribution in [0.2, 0.25) is 0 Å². The first-order valence-electron chi connectivity index (χ1n) is 8.04. The second kappa shape index (κ2) is 7.27. The molecule has 8 heteroatoms. The fourth-order valence-electron chi connectivity index (χ4n) is 2.86. The van der Waals surface area contributed by atoms with Crippen molar-refractivity contribution < 1.29 is 22.7 Å². The lowest BCUT2D eigenvalue weighted by molar-refractivity contribution is -0.121. The maximum atomic E-state index is 12.4. The summed E-state index contributed by atoms with van der Waals surface area (Å²) in [5, 5.41) is 5.01. The number of anilines is 1. The maximum Gasteiger partial charge on any atom is 0.338 e. The molecule has 1 aliphatic heterocycles. The third-order valence-corrected chi connectivity index (χ3v) is 5.09. The van der Waals surface area contributed by atoms with Gasteiger partial charge in [-0.3, -0.25) is 4.79 Å². The van der Waals surface area contributed by atoms with Gasteiger partial charge in [-0.15, -0.1) is 0 Å². The number of benzene rings is 2. The second-order valence-electron chi connectivity index (χ2n) is 5.92. The van der Waals surface area contributed by atoms with Crippen LogP contribution in [0.4, 0.5) is 5.69 Å². The number of hydrogen-bond donors (Lipinski definition) is 1. The topological polar surface area (TPSA) is 107 Å². The molecule has 0 unspecified atom stereocenters. The molecule has 0 atom stereocenters. The number of esters is 1. The number of aryl methyl sites for hydroxylation is 1. The van der Waals surface area contributed by atoms with Crippen molar-refractivity contribution in [3.8, 4) is 0 Å². The molecule has 2 aromatic rings. The number of nitrogens with two attached hydrogens (primary N) is 1. The normalized spacial score (nSPS) is 13.8. The van der Waals surface area contributed by atoms with E-state index in [0.29, 0.717) is 6.54 Å². The molecule has 1 amide bonds. The van der Waals surface area contributed by atoms with Crippen LogP contribution in [0.15, 0.2) is 53.4 Å². The molecule has 136 valence electrons. The molecule has 0 fully saturated rings. The van der Waals surface area contributed by atoms with Gasteiger partial charge < -0.3 is 9.64 Å². The highest BCUT2D eigenvalue weighted by Crippen LogP contribution is 2.26. The van der Waals surface area contributed by atoms with Gasteiger partial charge in [-0.1, -0.05) is 18.2 Å². The Morgan fingerprint density at radius 2 is 1.77 bits per heavy atom. The van der Waals surface area contributed by atoms with Gasteiger partial charge in [0.05, 0.1) is 10.5 Å². The van der Waals surface area contributed by atoms with Crippen molar-refractivity contribution in [3.63, 3.8) is 0 Å². The minimum atomic E-state index is -3.83. The number of rotatable bonds is 4. The zero-order chi connectivity index (χ0) is 18.7. The van der Waals surface area contributed by atoms with Gasteiger partial charge in [0.1, 0.15) is 0 Å². The summed E-state index contributed by atoms with van der Waals surface area (Å²) in [4.78, 5) is 26.0. The summed E-state index contributed by atoms with van der Waals surface area (Å²) in [7, 11) is -3.83. The summed E-state index contributed by atoms with van der Waals surface area (Å²) < 4.78 is 27.5. The van der Waals surface area contributed by atoms with Gasteiger partial charge in [0.2, 0.25) is 10.0 Å². The molecule has 26 heavy (non-hydrogen) atoms. The summed E-state index contributed by atoms with van der Waals surface area (Å²) in [6.07, 6.45) is 1.77. The first-order valence-corrected chi connectivity index (χ1v) is 9.59. The highest BCUT2D eigenvalue weighted by atomic mass is 32.2. The van der Waals surface area contributed by atoms with Gasteiger partial charge in [0.15, 0.2) is 6.61 Å². The van der Waals surface area contributed by atoms with Crippen LogP contribution < -0.4 is 10.0 Å². The molecule has 2 N–H and O–H groups in total. The smallest absolute Gasteiger partial charge is 0.338 e. The molecule has 1 heterocycles. The van der Waals surface area contributed by atoms with E-state index in [1.54, 1.807) is 4.90 Å². The largest absolute Gasteiger partial charge is 0.452 e. The van der Waals surface area contributed by atoms with Gasteiger partial charge in [0, 0.05) is 12.2 Å². The average Bonchev–Trinajstić information content (AvgIpc) is 2.64. The Kier molecular flexibility index (Phi) is 5.06. The Bertz CT molecular complexity index is 938. The molecular formula is C18H18N2O5S. The van der Waals surface area contributed by atoms with Crippen LogP contribution in [0.1, 0.15) is 22.3 Å². The van der Waals surface area contributed by atoms with E-state index >= 15 is 0 Å². The van der Waals surface area contributed by atoms with Gasteiger partial charge in [-0.25, -0.2) is 18.4 Å². The van der Waals surface area contributed by atoms with E-state index in [1.807, 2.05) is 24.3 Å². The highest BCUT2D eigenvalue weighted by Gasteiger charge is 2.23. The summed E-state index contributed by atoms with van der Waals surface area (Å²) in [6, 6.07) is 12.7. The molecule has 0 bridgehead atoms. The second-order valence-corrected chi connectivity index (χ2v) is 7.48. The summed E-state index contributed by atoms with van der Waals surface area (Å²) >= 11 is 0. The molecule has 0 radical (unpaired) electrons. The standard InChI is InChI=1S/C18H18N2O5S/c19-26(23,24)15-9-7-14(8-10-15)18(22)25-12-17(21)20-11-3-5-13-4-1-2-6-16(13)20/h1-2,4,6-10H,3,5,11-12H2,(H2,19,23,24). The number of carbonyl (C=O) groups excluding carboxylic acids is 2. The minimum absolute atomic E-state index is 0.102.